The summed E-state index contributed by atoms with van der Waals surface area (Å²) in [5.41, 5.74) is 2.58. The van der Waals surface area contributed by atoms with Crippen LogP contribution in [0.15, 0.2) is 30.6 Å². The molecule has 3 rings (SSSR count). The summed E-state index contributed by atoms with van der Waals surface area (Å²) in [6.45, 7) is 0. The van der Waals surface area contributed by atoms with Crippen LogP contribution in [-0.4, -0.2) is 16.7 Å². The standard InChI is InChI=1S/C14H19N3/c1-15-14(11-6-2-3-7-11)12-10-16-17-9-5-4-8-13(12)17/h4-5,8-11,14-15H,2-3,6-7H2,1H3. The summed E-state index contributed by atoms with van der Waals surface area (Å²) >= 11 is 0. The summed E-state index contributed by atoms with van der Waals surface area (Å²) in [5.74, 6) is 0.771. The van der Waals surface area contributed by atoms with Gasteiger partial charge in [-0.3, -0.25) is 0 Å². The number of nitrogens with one attached hydrogen (secondary N) is 1. The molecule has 1 atom stereocenters. The molecule has 90 valence electrons. The largest absolute Gasteiger partial charge is 0.313 e. The Labute approximate surface area is 102 Å². The van der Waals surface area contributed by atoms with Gasteiger partial charge in [-0.15, -0.1) is 0 Å². The summed E-state index contributed by atoms with van der Waals surface area (Å²) in [7, 11) is 2.06. The van der Waals surface area contributed by atoms with Gasteiger partial charge in [0.2, 0.25) is 0 Å². The summed E-state index contributed by atoms with van der Waals surface area (Å²) in [6.07, 6.45) is 9.48. The number of hydrogen-bond donors (Lipinski definition) is 1. The predicted octanol–water partition coefficient (Wildman–Crippen LogP) is 2.79. The second kappa shape index (κ2) is 4.49. The third kappa shape index (κ3) is 1.84. The quantitative estimate of drug-likeness (QED) is 0.877. The molecule has 1 N–H and O–H groups in total. The molecule has 3 heteroatoms. The average molecular weight is 229 g/mol. The Morgan fingerprint density at radius 1 is 1.35 bits per heavy atom. The van der Waals surface area contributed by atoms with E-state index in [0.29, 0.717) is 6.04 Å². The minimum Gasteiger partial charge on any atom is -0.313 e. The first-order valence-corrected chi connectivity index (χ1v) is 6.49. The average Bonchev–Trinajstić information content (AvgIpc) is 3.01. The Kier molecular flexibility index (Phi) is 2.85. The Morgan fingerprint density at radius 3 is 2.94 bits per heavy atom. The van der Waals surface area contributed by atoms with Crippen LogP contribution in [0.5, 0.6) is 0 Å². The molecular formula is C14H19N3. The Morgan fingerprint density at radius 2 is 2.18 bits per heavy atom. The highest BCUT2D eigenvalue weighted by molar-refractivity contribution is 5.55. The Bertz CT molecular complexity index is 497. The fourth-order valence-corrected chi connectivity index (χ4v) is 3.13. The predicted molar refractivity (Wildman–Crippen MR) is 69.0 cm³/mol. The molecule has 1 saturated carbocycles. The molecule has 17 heavy (non-hydrogen) atoms. The van der Waals surface area contributed by atoms with Gasteiger partial charge in [-0.1, -0.05) is 18.9 Å². The second-order valence-electron chi connectivity index (χ2n) is 4.94. The Balaban J connectivity index is 2.00. The van der Waals surface area contributed by atoms with E-state index in [2.05, 4.69) is 29.6 Å². The van der Waals surface area contributed by atoms with Crippen molar-refractivity contribution < 1.29 is 0 Å². The van der Waals surface area contributed by atoms with Crippen molar-refractivity contribution in [3.63, 3.8) is 0 Å². The summed E-state index contributed by atoms with van der Waals surface area (Å²) in [5, 5.41) is 7.92. The molecule has 0 radical (unpaired) electrons. The zero-order valence-corrected chi connectivity index (χ0v) is 10.3. The van der Waals surface area contributed by atoms with E-state index >= 15 is 0 Å². The van der Waals surface area contributed by atoms with Crippen molar-refractivity contribution in [2.75, 3.05) is 7.05 Å². The first kappa shape index (κ1) is 10.8. The topological polar surface area (TPSA) is 29.3 Å². The summed E-state index contributed by atoms with van der Waals surface area (Å²) in [6, 6.07) is 6.72. The van der Waals surface area contributed by atoms with Gasteiger partial charge in [0.25, 0.3) is 0 Å². The summed E-state index contributed by atoms with van der Waals surface area (Å²) < 4.78 is 1.97. The fourth-order valence-electron chi connectivity index (χ4n) is 3.13. The van der Waals surface area contributed by atoms with Gasteiger partial charge in [0.15, 0.2) is 0 Å². The van der Waals surface area contributed by atoms with E-state index < -0.39 is 0 Å². The lowest BCUT2D eigenvalue weighted by atomic mass is 9.92. The van der Waals surface area contributed by atoms with E-state index in [1.807, 2.05) is 23.0 Å². The second-order valence-corrected chi connectivity index (χ2v) is 4.94. The zero-order chi connectivity index (χ0) is 11.7. The molecule has 2 aromatic heterocycles. The fraction of sp³-hybridized carbons (Fsp3) is 0.500. The lowest BCUT2D eigenvalue weighted by Crippen LogP contribution is -2.23. The number of nitrogens with zero attached hydrogens (tertiary/aromatic N) is 2. The van der Waals surface area contributed by atoms with Crippen LogP contribution in [0.25, 0.3) is 5.52 Å². The van der Waals surface area contributed by atoms with E-state index in [9.17, 15) is 0 Å². The number of pyridine rings is 1. The van der Waals surface area contributed by atoms with Gasteiger partial charge < -0.3 is 5.32 Å². The van der Waals surface area contributed by atoms with Gasteiger partial charge in [0.1, 0.15) is 0 Å². The van der Waals surface area contributed by atoms with Crippen molar-refractivity contribution in [1.29, 1.82) is 0 Å². The molecule has 1 aliphatic rings. The minimum absolute atomic E-state index is 0.456. The molecule has 0 aromatic carbocycles. The van der Waals surface area contributed by atoms with Crippen LogP contribution in [0.1, 0.15) is 37.3 Å². The Hall–Kier alpha value is -1.35. The van der Waals surface area contributed by atoms with Crippen molar-refractivity contribution in [3.8, 4) is 0 Å². The number of aromatic nitrogens is 2. The van der Waals surface area contributed by atoms with Crippen LogP contribution in [0.2, 0.25) is 0 Å². The van der Waals surface area contributed by atoms with Gasteiger partial charge >= 0.3 is 0 Å². The van der Waals surface area contributed by atoms with Crippen LogP contribution >= 0.6 is 0 Å². The smallest absolute Gasteiger partial charge is 0.0709 e. The molecule has 3 nitrogen and oxygen atoms in total. The lowest BCUT2D eigenvalue weighted by Gasteiger charge is -2.22. The highest BCUT2D eigenvalue weighted by Gasteiger charge is 2.27. The molecule has 1 aliphatic carbocycles. The molecular weight excluding hydrogens is 210 g/mol. The van der Waals surface area contributed by atoms with E-state index in [1.54, 1.807) is 0 Å². The highest BCUT2D eigenvalue weighted by Crippen LogP contribution is 2.36. The maximum atomic E-state index is 4.44. The van der Waals surface area contributed by atoms with Crippen molar-refractivity contribution in [3.05, 3.63) is 36.2 Å². The van der Waals surface area contributed by atoms with Gasteiger partial charge in [0, 0.05) is 17.8 Å². The maximum absolute atomic E-state index is 4.44. The van der Waals surface area contributed by atoms with Gasteiger partial charge in [-0.05, 0) is 37.9 Å². The first-order valence-electron chi connectivity index (χ1n) is 6.49. The van der Waals surface area contributed by atoms with Crippen molar-refractivity contribution in [2.24, 2.45) is 5.92 Å². The van der Waals surface area contributed by atoms with Crippen LogP contribution in [0, 0.1) is 5.92 Å². The van der Waals surface area contributed by atoms with Crippen LogP contribution in [0.4, 0.5) is 0 Å². The van der Waals surface area contributed by atoms with Crippen molar-refractivity contribution in [1.82, 2.24) is 14.9 Å². The van der Waals surface area contributed by atoms with Gasteiger partial charge in [0.05, 0.1) is 11.7 Å². The molecule has 2 heterocycles. The van der Waals surface area contributed by atoms with E-state index in [-0.39, 0.29) is 0 Å². The molecule has 1 unspecified atom stereocenters. The van der Waals surface area contributed by atoms with Crippen LogP contribution in [0.3, 0.4) is 0 Å². The monoisotopic (exact) mass is 229 g/mol. The normalized spacial score (nSPS) is 18.9. The third-order valence-corrected chi connectivity index (χ3v) is 3.97. The summed E-state index contributed by atoms with van der Waals surface area (Å²) in [4.78, 5) is 0. The van der Waals surface area contributed by atoms with Crippen molar-refractivity contribution >= 4 is 5.52 Å². The number of hydrogen-bond acceptors (Lipinski definition) is 2. The van der Waals surface area contributed by atoms with E-state index in [0.717, 1.165) is 5.92 Å². The SMILES string of the molecule is CNC(c1cnn2ccccc12)C1CCCC1. The first-order chi connectivity index (χ1) is 8.40. The number of fused-ring (bicyclic) bond motifs is 1. The van der Waals surface area contributed by atoms with Crippen LogP contribution < -0.4 is 5.32 Å². The van der Waals surface area contributed by atoms with Gasteiger partial charge in [-0.2, -0.15) is 5.10 Å². The maximum Gasteiger partial charge on any atom is 0.0709 e. The van der Waals surface area contributed by atoms with E-state index in [4.69, 9.17) is 0 Å². The number of rotatable bonds is 3. The molecule has 0 aliphatic heterocycles. The molecule has 0 saturated heterocycles. The molecule has 0 spiro atoms. The molecule has 1 fully saturated rings. The van der Waals surface area contributed by atoms with Crippen molar-refractivity contribution in [2.45, 2.75) is 31.7 Å². The molecule has 0 amide bonds. The zero-order valence-electron chi connectivity index (χ0n) is 10.3. The van der Waals surface area contributed by atoms with Gasteiger partial charge in [-0.25, -0.2) is 4.52 Å². The lowest BCUT2D eigenvalue weighted by molar-refractivity contribution is 0.392. The highest BCUT2D eigenvalue weighted by atomic mass is 15.2. The van der Waals surface area contributed by atoms with E-state index in [1.165, 1.54) is 36.8 Å². The minimum atomic E-state index is 0.456. The van der Waals surface area contributed by atoms with Crippen LogP contribution in [-0.2, 0) is 0 Å². The molecule has 2 aromatic rings. The third-order valence-electron chi connectivity index (χ3n) is 3.97. The molecule has 0 bridgehead atoms.